The van der Waals surface area contributed by atoms with Crippen molar-refractivity contribution in [3.8, 4) is 17.2 Å². The molecule has 3 N–H and O–H groups in total. The zero-order valence-corrected chi connectivity index (χ0v) is 27.7. The van der Waals surface area contributed by atoms with Gasteiger partial charge < -0.3 is 30.2 Å². The Morgan fingerprint density at radius 1 is 1.07 bits per heavy atom. The van der Waals surface area contributed by atoms with Gasteiger partial charge in [-0.25, -0.2) is 4.39 Å². The molecular weight excluding hydrogens is 569 g/mol. The van der Waals surface area contributed by atoms with Crippen molar-refractivity contribution in [1.82, 2.24) is 16.0 Å². The molecule has 244 valence electrons. The minimum absolute atomic E-state index is 0.0895. The zero-order chi connectivity index (χ0) is 33.2. The van der Waals surface area contributed by atoms with Gasteiger partial charge in [0.1, 0.15) is 12.4 Å². The maximum absolute atomic E-state index is 13.8. The Hall–Kier alpha value is -3.98. The standard InChI is InChI=1S/C23H23FO4.C8H13N.C6H14N2/c1-5-17-14(2)19(18-7-6-16(24)13-20(17)18)10-15-11-21(26-3)23(28-9-8-25)22(12-15)27-4;1-4-6-8(5-2)7-9-3;1-7-6-2-4-8-5-3-6/h6-8,10-13H,5,9H2,1-4H3;4-6,9H,1-2,7H2,3H3;6-8H,2-5H2,1H3/b19-10-;8-6+;. The summed E-state index contributed by atoms with van der Waals surface area (Å²) in [5.41, 5.74) is 7.28. The maximum atomic E-state index is 13.8. The lowest BCUT2D eigenvalue weighted by Crippen LogP contribution is -2.37. The first-order chi connectivity index (χ1) is 21.8. The number of benzene rings is 2. The Balaban J connectivity index is 0.000000338. The summed E-state index contributed by atoms with van der Waals surface area (Å²) in [6, 6.07) is 9.33. The van der Waals surface area contributed by atoms with Gasteiger partial charge in [0.05, 0.1) is 14.2 Å². The number of fused-ring (bicyclic) bond motifs is 1. The fourth-order valence-electron chi connectivity index (χ4n) is 5.28. The highest BCUT2D eigenvalue weighted by Gasteiger charge is 2.23. The first kappa shape index (κ1) is 37.2. The number of hydrogen-bond acceptors (Lipinski definition) is 7. The van der Waals surface area contributed by atoms with Crippen LogP contribution in [-0.4, -0.2) is 66.9 Å². The number of hydrogen-bond donors (Lipinski definition) is 3. The highest BCUT2D eigenvalue weighted by Crippen LogP contribution is 2.45. The van der Waals surface area contributed by atoms with Gasteiger partial charge in [-0.05, 0) is 123 Å². The van der Waals surface area contributed by atoms with E-state index in [0.29, 0.717) is 23.5 Å². The molecule has 8 heteroatoms. The number of likely N-dealkylation sites (N-methyl/N-ethyl adjacent to an activating group) is 1. The molecule has 0 saturated carbocycles. The van der Waals surface area contributed by atoms with Crippen LogP contribution < -0.4 is 30.2 Å². The molecule has 1 fully saturated rings. The fraction of sp³-hybridized carbons (Fsp3) is 0.378. The van der Waals surface area contributed by atoms with Crippen molar-refractivity contribution in [1.29, 1.82) is 0 Å². The summed E-state index contributed by atoms with van der Waals surface area (Å²) in [4.78, 5) is 10.7. The topological polar surface area (TPSA) is 80.9 Å². The van der Waals surface area contributed by atoms with Crippen molar-refractivity contribution in [2.45, 2.75) is 39.2 Å². The van der Waals surface area contributed by atoms with Gasteiger partial charge in [-0.3, -0.25) is 4.79 Å². The van der Waals surface area contributed by atoms with Crippen LogP contribution in [0.15, 0.2) is 72.9 Å². The first-order valence-electron chi connectivity index (χ1n) is 15.3. The van der Waals surface area contributed by atoms with Crippen LogP contribution in [0.25, 0.3) is 17.2 Å². The molecule has 2 aromatic carbocycles. The van der Waals surface area contributed by atoms with Gasteiger partial charge >= 0.3 is 0 Å². The second-order valence-electron chi connectivity index (χ2n) is 10.5. The summed E-state index contributed by atoms with van der Waals surface area (Å²) < 4.78 is 30.1. The van der Waals surface area contributed by atoms with E-state index in [1.165, 1.54) is 46.2 Å². The number of aldehydes is 1. The van der Waals surface area contributed by atoms with Gasteiger partial charge in [-0.15, -0.1) is 0 Å². The number of allylic oxidation sites excluding steroid dienone is 5. The van der Waals surface area contributed by atoms with E-state index >= 15 is 0 Å². The van der Waals surface area contributed by atoms with Crippen molar-refractivity contribution in [2.75, 3.05) is 54.6 Å². The summed E-state index contributed by atoms with van der Waals surface area (Å²) in [5, 5.41) is 9.59. The number of nitrogens with one attached hydrogen (secondary N) is 3. The highest BCUT2D eigenvalue weighted by atomic mass is 19.1. The Morgan fingerprint density at radius 3 is 2.22 bits per heavy atom. The molecule has 1 aliphatic heterocycles. The number of carbonyl (C=O) groups is 1. The molecule has 0 spiro atoms. The van der Waals surface area contributed by atoms with E-state index in [1.54, 1.807) is 12.1 Å². The zero-order valence-electron chi connectivity index (χ0n) is 27.7. The van der Waals surface area contributed by atoms with Crippen LogP contribution >= 0.6 is 0 Å². The molecule has 0 atom stereocenters. The number of ether oxygens (including phenoxy) is 3. The van der Waals surface area contributed by atoms with Gasteiger partial charge in [-0.2, -0.15) is 0 Å². The molecule has 1 heterocycles. The Labute approximate surface area is 268 Å². The second kappa shape index (κ2) is 20.1. The quantitative estimate of drug-likeness (QED) is 0.182. The molecule has 4 rings (SSSR count). The van der Waals surface area contributed by atoms with E-state index in [0.717, 1.165) is 58.0 Å². The predicted octanol–water partition coefficient (Wildman–Crippen LogP) is 6.62. The SMILES string of the molecule is C=C/C=C(\C=C)CNC.CCC1=C(C)/C(=C/c2cc(OC)c(OCC=O)c(OC)c2)c2ccc(F)cc21.CNC1CCNCC1. The monoisotopic (exact) mass is 619 g/mol. The van der Waals surface area contributed by atoms with Crippen LogP contribution in [0.3, 0.4) is 0 Å². The molecule has 1 aliphatic carbocycles. The van der Waals surface area contributed by atoms with E-state index in [-0.39, 0.29) is 12.4 Å². The van der Waals surface area contributed by atoms with Crippen molar-refractivity contribution in [3.05, 3.63) is 95.4 Å². The van der Waals surface area contributed by atoms with Gasteiger partial charge in [0.2, 0.25) is 5.75 Å². The van der Waals surface area contributed by atoms with E-state index in [2.05, 4.69) is 43.0 Å². The number of piperidine rings is 1. The molecule has 0 aromatic heterocycles. The normalized spacial score (nSPS) is 15.3. The Morgan fingerprint density at radius 2 is 1.73 bits per heavy atom. The predicted molar refractivity (Wildman–Crippen MR) is 186 cm³/mol. The summed E-state index contributed by atoms with van der Waals surface area (Å²) in [6.45, 7) is 14.5. The number of methoxy groups -OCH3 is 2. The van der Waals surface area contributed by atoms with Gasteiger partial charge in [0.15, 0.2) is 17.8 Å². The molecule has 2 aromatic rings. The minimum Gasteiger partial charge on any atom is -0.493 e. The molecule has 0 amide bonds. The van der Waals surface area contributed by atoms with Crippen molar-refractivity contribution in [3.63, 3.8) is 0 Å². The van der Waals surface area contributed by atoms with Crippen LogP contribution in [0.1, 0.15) is 49.8 Å². The Kier molecular flexibility index (Phi) is 16.6. The summed E-state index contributed by atoms with van der Waals surface area (Å²) >= 11 is 0. The Bertz CT molecular complexity index is 1350. The van der Waals surface area contributed by atoms with E-state index in [4.69, 9.17) is 14.2 Å². The molecule has 0 unspecified atom stereocenters. The van der Waals surface area contributed by atoms with E-state index in [9.17, 15) is 9.18 Å². The number of rotatable bonds is 12. The number of halogens is 1. The van der Waals surface area contributed by atoms with Crippen LogP contribution in [-0.2, 0) is 4.79 Å². The first-order valence-corrected chi connectivity index (χ1v) is 15.3. The average Bonchev–Trinajstić information content (AvgIpc) is 3.33. The molecule has 7 nitrogen and oxygen atoms in total. The van der Waals surface area contributed by atoms with Gasteiger partial charge in [-0.1, -0.05) is 44.4 Å². The van der Waals surface area contributed by atoms with E-state index in [1.807, 2.05) is 50.5 Å². The van der Waals surface area contributed by atoms with E-state index < -0.39 is 0 Å². The van der Waals surface area contributed by atoms with Gasteiger partial charge in [0, 0.05) is 12.6 Å². The van der Waals surface area contributed by atoms with Crippen LogP contribution in [0.5, 0.6) is 17.2 Å². The van der Waals surface area contributed by atoms with Crippen molar-refractivity contribution < 1.29 is 23.4 Å². The maximum Gasteiger partial charge on any atom is 0.204 e. The molecule has 1 saturated heterocycles. The molecule has 45 heavy (non-hydrogen) atoms. The fourth-order valence-corrected chi connectivity index (χ4v) is 5.28. The third kappa shape index (κ3) is 10.8. The van der Waals surface area contributed by atoms with Crippen molar-refractivity contribution >= 4 is 23.5 Å². The second-order valence-corrected chi connectivity index (χ2v) is 10.5. The van der Waals surface area contributed by atoms with Crippen LogP contribution in [0.4, 0.5) is 4.39 Å². The minimum atomic E-state index is -0.237. The van der Waals surface area contributed by atoms with Crippen LogP contribution in [0, 0.1) is 5.82 Å². The largest absolute Gasteiger partial charge is 0.493 e. The third-order valence-electron chi connectivity index (χ3n) is 7.62. The highest BCUT2D eigenvalue weighted by molar-refractivity contribution is 6.05. The molecule has 0 radical (unpaired) electrons. The lowest BCUT2D eigenvalue weighted by Gasteiger charge is -2.21. The summed E-state index contributed by atoms with van der Waals surface area (Å²) in [5.74, 6) is 1.10. The smallest absolute Gasteiger partial charge is 0.204 e. The molecular formula is C37H50FN3O4. The number of carbonyl (C=O) groups excluding carboxylic acids is 1. The van der Waals surface area contributed by atoms with Gasteiger partial charge in [0.25, 0.3) is 0 Å². The third-order valence-corrected chi connectivity index (χ3v) is 7.62. The molecule has 0 bridgehead atoms. The van der Waals surface area contributed by atoms with Crippen molar-refractivity contribution in [2.24, 2.45) is 0 Å². The summed E-state index contributed by atoms with van der Waals surface area (Å²) in [7, 11) is 7.01. The lowest BCUT2D eigenvalue weighted by molar-refractivity contribution is -0.109. The summed E-state index contributed by atoms with van der Waals surface area (Å²) in [6.07, 6.45) is 11.6. The molecule has 2 aliphatic rings. The lowest BCUT2D eigenvalue weighted by atomic mass is 10.00. The van der Waals surface area contributed by atoms with Crippen LogP contribution in [0.2, 0.25) is 0 Å². The average molecular weight is 620 g/mol.